The van der Waals surface area contributed by atoms with Crippen molar-refractivity contribution in [1.82, 2.24) is 0 Å². The lowest BCUT2D eigenvalue weighted by Gasteiger charge is -2.02. The third-order valence-corrected chi connectivity index (χ3v) is 2.58. The van der Waals surface area contributed by atoms with Crippen LogP contribution in [0.5, 0.6) is 0 Å². The smallest absolute Gasteiger partial charge is 0.0916 e. The predicted octanol–water partition coefficient (Wildman–Crippen LogP) is 2.67. The number of hydrogen-bond acceptors (Lipinski definition) is 2. The molecular formula is C9H12OS. The molecule has 1 rings (SSSR count). The number of aryl methyl sites for hydroxylation is 1. The summed E-state index contributed by atoms with van der Waals surface area (Å²) in [6.45, 7) is 5.61. The van der Waals surface area contributed by atoms with Gasteiger partial charge in [-0.2, -0.15) is 0 Å². The number of aliphatic hydroxyl groups excluding tert-OH is 1. The van der Waals surface area contributed by atoms with Crippen molar-refractivity contribution in [2.45, 2.75) is 19.4 Å². The minimum absolute atomic E-state index is 0.355. The van der Waals surface area contributed by atoms with Crippen molar-refractivity contribution in [3.63, 3.8) is 0 Å². The van der Waals surface area contributed by atoms with E-state index in [1.54, 1.807) is 17.4 Å². The maximum atomic E-state index is 9.47. The molecular weight excluding hydrogens is 156 g/mol. The van der Waals surface area contributed by atoms with Gasteiger partial charge in [0.1, 0.15) is 0 Å². The Balaban J connectivity index is 2.67. The molecule has 1 atom stereocenters. The van der Waals surface area contributed by atoms with Crippen molar-refractivity contribution < 1.29 is 5.11 Å². The van der Waals surface area contributed by atoms with Crippen molar-refractivity contribution in [3.05, 3.63) is 34.5 Å². The van der Waals surface area contributed by atoms with Gasteiger partial charge in [0.15, 0.2) is 0 Å². The minimum atomic E-state index is -0.355. The van der Waals surface area contributed by atoms with Crippen LogP contribution in [0.3, 0.4) is 0 Å². The van der Waals surface area contributed by atoms with Gasteiger partial charge in [-0.1, -0.05) is 6.08 Å². The van der Waals surface area contributed by atoms with Gasteiger partial charge in [0, 0.05) is 9.75 Å². The predicted molar refractivity (Wildman–Crippen MR) is 48.8 cm³/mol. The Morgan fingerprint density at radius 2 is 2.45 bits per heavy atom. The first-order chi connectivity index (χ1) is 5.24. The summed E-state index contributed by atoms with van der Waals surface area (Å²) in [5.74, 6) is 0. The lowest BCUT2D eigenvalue weighted by atomic mass is 10.2. The minimum Gasteiger partial charge on any atom is -0.387 e. The van der Waals surface area contributed by atoms with Gasteiger partial charge in [-0.05, 0) is 25.5 Å². The van der Waals surface area contributed by atoms with Crippen molar-refractivity contribution in [1.29, 1.82) is 0 Å². The topological polar surface area (TPSA) is 20.2 Å². The normalized spacial score (nSPS) is 12.9. The fourth-order valence-corrected chi connectivity index (χ4v) is 1.78. The summed E-state index contributed by atoms with van der Waals surface area (Å²) in [5.41, 5.74) is 0. The van der Waals surface area contributed by atoms with Crippen molar-refractivity contribution >= 4 is 11.3 Å². The number of thiophene rings is 1. The molecule has 1 nitrogen and oxygen atoms in total. The monoisotopic (exact) mass is 168 g/mol. The van der Waals surface area contributed by atoms with Gasteiger partial charge in [-0.25, -0.2) is 0 Å². The Labute approximate surface area is 71.0 Å². The first-order valence-corrected chi connectivity index (χ1v) is 4.41. The molecule has 60 valence electrons. The zero-order chi connectivity index (χ0) is 8.27. The standard InChI is InChI=1S/C9H12OS/c1-3-4-8(10)9-6-5-7(2)11-9/h3,5-6,8,10H,1,4H2,2H3. The molecule has 1 unspecified atom stereocenters. The zero-order valence-corrected chi connectivity index (χ0v) is 7.40. The van der Waals surface area contributed by atoms with E-state index in [9.17, 15) is 5.11 Å². The van der Waals surface area contributed by atoms with Crippen LogP contribution in [0.2, 0.25) is 0 Å². The van der Waals surface area contributed by atoms with Crippen LogP contribution in [0.1, 0.15) is 22.3 Å². The summed E-state index contributed by atoms with van der Waals surface area (Å²) in [7, 11) is 0. The van der Waals surface area contributed by atoms with Gasteiger partial charge in [0.05, 0.1) is 6.10 Å². The second-order valence-corrected chi connectivity index (χ2v) is 3.81. The lowest BCUT2D eigenvalue weighted by Crippen LogP contribution is -1.90. The van der Waals surface area contributed by atoms with E-state index in [1.807, 2.05) is 19.1 Å². The van der Waals surface area contributed by atoms with Crippen LogP contribution in [0.4, 0.5) is 0 Å². The molecule has 11 heavy (non-hydrogen) atoms. The maximum Gasteiger partial charge on any atom is 0.0916 e. The van der Waals surface area contributed by atoms with Crippen LogP contribution in [0.15, 0.2) is 24.8 Å². The fourth-order valence-electron chi connectivity index (χ4n) is 0.907. The molecule has 1 aromatic rings. The Hall–Kier alpha value is -0.600. The van der Waals surface area contributed by atoms with E-state index in [1.165, 1.54) is 4.88 Å². The van der Waals surface area contributed by atoms with Crippen molar-refractivity contribution in [2.75, 3.05) is 0 Å². The van der Waals surface area contributed by atoms with Crippen LogP contribution in [-0.2, 0) is 0 Å². The Morgan fingerprint density at radius 1 is 1.73 bits per heavy atom. The van der Waals surface area contributed by atoms with Crippen LogP contribution in [-0.4, -0.2) is 5.11 Å². The Bertz CT molecular complexity index is 239. The van der Waals surface area contributed by atoms with Gasteiger partial charge in [0.25, 0.3) is 0 Å². The highest BCUT2D eigenvalue weighted by atomic mass is 32.1. The van der Waals surface area contributed by atoms with E-state index in [4.69, 9.17) is 0 Å². The molecule has 0 aliphatic heterocycles. The van der Waals surface area contributed by atoms with E-state index in [0.29, 0.717) is 6.42 Å². The molecule has 0 spiro atoms. The number of aliphatic hydroxyl groups is 1. The molecule has 0 saturated heterocycles. The third-order valence-electron chi connectivity index (χ3n) is 1.48. The summed E-state index contributed by atoms with van der Waals surface area (Å²) in [6.07, 6.45) is 2.02. The Morgan fingerprint density at radius 3 is 2.91 bits per heavy atom. The highest BCUT2D eigenvalue weighted by molar-refractivity contribution is 7.12. The molecule has 1 N–H and O–H groups in total. The summed E-state index contributed by atoms with van der Waals surface area (Å²) in [4.78, 5) is 2.27. The summed E-state index contributed by atoms with van der Waals surface area (Å²) >= 11 is 1.64. The van der Waals surface area contributed by atoms with E-state index >= 15 is 0 Å². The molecule has 1 aromatic heterocycles. The van der Waals surface area contributed by atoms with Crippen molar-refractivity contribution in [3.8, 4) is 0 Å². The average Bonchev–Trinajstić information content (AvgIpc) is 2.36. The second-order valence-electron chi connectivity index (χ2n) is 2.49. The highest BCUT2D eigenvalue weighted by Crippen LogP contribution is 2.24. The number of rotatable bonds is 3. The SMILES string of the molecule is C=CCC(O)c1ccc(C)s1. The van der Waals surface area contributed by atoms with Gasteiger partial charge in [-0.3, -0.25) is 0 Å². The maximum absolute atomic E-state index is 9.47. The summed E-state index contributed by atoms with van der Waals surface area (Å²) < 4.78 is 0. The van der Waals surface area contributed by atoms with Crippen molar-refractivity contribution in [2.24, 2.45) is 0 Å². The molecule has 0 aliphatic carbocycles. The van der Waals surface area contributed by atoms with E-state index in [-0.39, 0.29) is 6.10 Å². The van der Waals surface area contributed by atoms with E-state index in [0.717, 1.165) is 4.88 Å². The first kappa shape index (κ1) is 8.50. The fraction of sp³-hybridized carbons (Fsp3) is 0.333. The largest absolute Gasteiger partial charge is 0.387 e. The molecule has 2 heteroatoms. The molecule has 0 fully saturated rings. The van der Waals surface area contributed by atoms with Crippen LogP contribution >= 0.6 is 11.3 Å². The van der Waals surface area contributed by atoms with Gasteiger partial charge >= 0.3 is 0 Å². The molecule has 0 aliphatic rings. The van der Waals surface area contributed by atoms with E-state index in [2.05, 4.69) is 6.58 Å². The highest BCUT2D eigenvalue weighted by Gasteiger charge is 2.06. The molecule has 0 saturated carbocycles. The average molecular weight is 168 g/mol. The molecule has 0 amide bonds. The summed E-state index contributed by atoms with van der Waals surface area (Å²) in [6, 6.07) is 3.99. The quantitative estimate of drug-likeness (QED) is 0.688. The first-order valence-electron chi connectivity index (χ1n) is 3.59. The lowest BCUT2D eigenvalue weighted by molar-refractivity contribution is 0.185. The number of hydrogen-bond donors (Lipinski definition) is 1. The van der Waals surface area contributed by atoms with Gasteiger partial charge in [-0.15, -0.1) is 17.9 Å². The van der Waals surface area contributed by atoms with Gasteiger partial charge < -0.3 is 5.11 Å². The molecule has 1 heterocycles. The molecule has 0 aromatic carbocycles. The third kappa shape index (κ3) is 2.17. The van der Waals surface area contributed by atoms with Gasteiger partial charge in [0.2, 0.25) is 0 Å². The molecule has 0 radical (unpaired) electrons. The van der Waals surface area contributed by atoms with Crippen LogP contribution < -0.4 is 0 Å². The zero-order valence-electron chi connectivity index (χ0n) is 6.58. The van der Waals surface area contributed by atoms with Crippen LogP contribution in [0, 0.1) is 6.92 Å². The molecule has 0 bridgehead atoms. The van der Waals surface area contributed by atoms with E-state index < -0.39 is 0 Å². The second kappa shape index (κ2) is 3.69. The summed E-state index contributed by atoms with van der Waals surface area (Å²) in [5, 5.41) is 9.47. The van der Waals surface area contributed by atoms with Crippen LogP contribution in [0.25, 0.3) is 0 Å². The Kier molecular flexibility index (Phi) is 2.85.